The summed E-state index contributed by atoms with van der Waals surface area (Å²) in [5.74, 6) is 1.23. The van der Waals surface area contributed by atoms with Gasteiger partial charge in [0.25, 0.3) is 5.88 Å². The van der Waals surface area contributed by atoms with Crippen LogP contribution in [0, 0.1) is 12.8 Å². The smallest absolute Gasteiger partial charge is 0.257 e. The number of benzene rings is 2. The molecule has 2 heterocycles. The SMILES string of the molecule is COc1nc2ccccc2nc1N1CCC[C@@H](C(=O)NCc2ccccc2C)C1. The van der Waals surface area contributed by atoms with E-state index in [2.05, 4.69) is 34.3 Å². The molecule has 1 saturated heterocycles. The van der Waals surface area contributed by atoms with Gasteiger partial charge in [-0.3, -0.25) is 4.79 Å². The lowest BCUT2D eigenvalue weighted by Crippen LogP contribution is -2.43. The fraction of sp³-hybridized carbons (Fsp3) is 0.348. The van der Waals surface area contributed by atoms with Crippen LogP contribution in [0.15, 0.2) is 48.5 Å². The van der Waals surface area contributed by atoms with Crippen LogP contribution in [0.5, 0.6) is 5.88 Å². The normalized spacial score (nSPS) is 16.6. The number of nitrogens with zero attached hydrogens (tertiary/aromatic N) is 3. The summed E-state index contributed by atoms with van der Waals surface area (Å²) in [4.78, 5) is 24.3. The van der Waals surface area contributed by atoms with Gasteiger partial charge >= 0.3 is 0 Å². The number of rotatable bonds is 5. The Kier molecular flexibility index (Phi) is 5.60. The van der Waals surface area contributed by atoms with Gasteiger partial charge in [-0.25, -0.2) is 9.97 Å². The Morgan fingerprint density at radius 3 is 2.62 bits per heavy atom. The van der Waals surface area contributed by atoms with Crippen molar-refractivity contribution in [2.45, 2.75) is 26.3 Å². The molecule has 150 valence electrons. The van der Waals surface area contributed by atoms with Gasteiger partial charge in [0.2, 0.25) is 5.91 Å². The summed E-state index contributed by atoms with van der Waals surface area (Å²) in [6.07, 6.45) is 1.81. The standard InChI is InChI=1S/C23H26N4O2/c1-16-8-3-4-9-17(16)14-24-22(28)18-10-7-13-27(15-18)21-23(29-2)26-20-12-6-5-11-19(20)25-21/h3-6,8-9,11-12,18H,7,10,13-15H2,1-2H3,(H,24,28)/t18-/m1/s1. The number of hydrogen-bond acceptors (Lipinski definition) is 5. The molecule has 1 atom stereocenters. The van der Waals surface area contributed by atoms with Crippen molar-refractivity contribution in [3.63, 3.8) is 0 Å². The minimum Gasteiger partial charge on any atom is -0.478 e. The van der Waals surface area contributed by atoms with E-state index < -0.39 is 0 Å². The first-order valence-electron chi connectivity index (χ1n) is 10.0. The molecular weight excluding hydrogens is 364 g/mol. The lowest BCUT2D eigenvalue weighted by atomic mass is 9.97. The van der Waals surface area contributed by atoms with Crippen molar-refractivity contribution in [2.75, 3.05) is 25.1 Å². The molecule has 4 rings (SSSR count). The van der Waals surface area contributed by atoms with Crippen LogP contribution in [0.1, 0.15) is 24.0 Å². The Hall–Kier alpha value is -3.15. The third kappa shape index (κ3) is 4.16. The van der Waals surface area contributed by atoms with E-state index in [0.29, 0.717) is 24.8 Å². The van der Waals surface area contributed by atoms with Crippen LogP contribution in [-0.2, 0) is 11.3 Å². The Bertz CT molecular complexity index is 1020. The summed E-state index contributed by atoms with van der Waals surface area (Å²) in [5.41, 5.74) is 3.97. The predicted molar refractivity (Wildman–Crippen MR) is 114 cm³/mol. The quantitative estimate of drug-likeness (QED) is 0.722. The first-order valence-corrected chi connectivity index (χ1v) is 10.0. The zero-order valence-electron chi connectivity index (χ0n) is 16.9. The molecule has 0 radical (unpaired) electrons. The van der Waals surface area contributed by atoms with Crippen LogP contribution >= 0.6 is 0 Å². The van der Waals surface area contributed by atoms with Crippen molar-refractivity contribution < 1.29 is 9.53 Å². The van der Waals surface area contributed by atoms with Crippen LogP contribution < -0.4 is 15.0 Å². The Morgan fingerprint density at radius 2 is 1.86 bits per heavy atom. The van der Waals surface area contributed by atoms with Gasteiger partial charge in [0, 0.05) is 19.6 Å². The number of aryl methyl sites for hydroxylation is 1. The van der Waals surface area contributed by atoms with Gasteiger partial charge in [-0.15, -0.1) is 0 Å². The van der Waals surface area contributed by atoms with Crippen molar-refractivity contribution in [1.82, 2.24) is 15.3 Å². The first kappa shape index (κ1) is 19.2. The molecule has 0 saturated carbocycles. The number of methoxy groups -OCH3 is 1. The third-order valence-corrected chi connectivity index (χ3v) is 5.52. The maximum Gasteiger partial charge on any atom is 0.257 e. The van der Waals surface area contributed by atoms with E-state index in [9.17, 15) is 4.79 Å². The van der Waals surface area contributed by atoms with Crippen LogP contribution in [0.25, 0.3) is 11.0 Å². The Labute approximate surface area is 170 Å². The lowest BCUT2D eigenvalue weighted by Gasteiger charge is -2.33. The second-order valence-electron chi connectivity index (χ2n) is 7.47. The highest BCUT2D eigenvalue weighted by Crippen LogP contribution is 2.30. The summed E-state index contributed by atoms with van der Waals surface area (Å²) in [5, 5.41) is 3.11. The van der Waals surface area contributed by atoms with E-state index in [0.717, 1.165) is 36.0 Å². The molecule has 1 amide bonds. The summed E-state index contributed by atoms with van der Waals surface area (Å²) < 4.78 is 5.51. The highest BCUT2D eigenvalue weighted by atomic mass is 16.5. The highest BCUT2D eigenvalue weighted by molar-refractivity contribution is 5.80. The van der Waals surface area contributed by atoms with Gasteiger partial charge in [0.15, 0.2) is 5.82 Å². The molecule has 2 aromatic carbocycles. The fourth-order valence-electron chi connectivity index (χ4n) is 3.84. The molecule has 1 fully saturated rings. The number of para-hydroxylation sites is 2. The molecule has 0 bridgehead atoms. The van der Waals surface area contributed by atoms with Crippen molar-refractivity contribution in [3.8, 4) is 5.88 Å². The number of fused-ring (bicyclic) bond motifs is 1. The van der Waals surface area contributed by atoms with E-state index in [4.69, 9.17) is 9.72 Å². The molecule has 0 unspecified atom stereocenters. The highest BCUT2D eigenvalue weighted by Gasteiger charge is 2.28. The van der Waals surface area contributed by atoms with E-state index in [1.54, 1.807) is 7.11 Å². The van der Waals surface area contributed by atoms with Crippen LogP contribution in [0.2, 0.25) is 0 Å². The Morgan fingerprint density at radius 1 is 1.14 bits per heavy atom. The minimum atomic E-state index is -0.0780. The number of carbonyl (C=O) groups is 1. The molecule has 6 nitrogen and oxygen atoms in total. The first-order chi connectivity index (χ1) is 14.2. The van der Waals surface area contributed by atoms with Crippen molar-refractivity contribution in [2.24, 2.45) is 5.92 Å². The van der Waals surface area contributed by atoms with Crippen molar-refractivity contribution in [1.29, 1.82) is 0 Å². The molecular formula is C23H26N4O2. The van der Waals surface area contributed by atoms with Gasteiger partial charge in [0.05, 0.1) is 24.1 Å². The second kappa shape index (κ2) is 8.47. The largest absolute Gasteiger partial charge is 0.478 e. The maximum atomic E-state index is 12.8. The number of hydrogen-bond donors (Lipinski definition) is 1. The molecule has 1 aliphatic rings. The van der Waals surface area contributed by atoms with Gasteiger partial charge in [0.1, 0.15) is 0 Å². The number of ether oxygens (including phenoxy) is 1. The number of amides is 1. The molecule has 1 aromatic heterocycles. The predicted octanol–water partition coefficient (Wildman–Crippen LogP) is 3.48. The van der Waals surface area contributed by atoms with Crippen LogP contribution in [0.4, 0.5) is 5.82 Å². The summed E-state index contributed by atoms with van der Waals surface area (Å²) in [6, 6.07) is 15.9. The van der Waals surface area contributed by atoms with Gasteiger partial charge < -0.3 is 15.0 Å². The zero-order valence-corrected chi connectivity index (χ0v) is 16.9. The maximum absolute atomic E-state index is 12.8. The molecule has 0 aliphatic carbocycles. The number of aromatic nitrogens is 2. The molecule has 0 spiro atoms. The summed E-state index contributed by atoms with van der Waals surface area (Å²) in [6.45, 7) is 4.07. The molecule has 3 aromatic rings. The van der Waals surface area contributed by atoms with E-state index in [1.807, 2.05) is 36.4 Å². The van der Waals surface area contributed by atoms with E-state index in [-0.39, 0.29) is 11.8 Å². The molecule has 29 heavy (non-hydrogen) atoms. The number of piperidine rings is 1. The van der Waals surface area contributed by atoms with Crippen molar-refractivity contribution >= 4 is 22.8 Å². The van der Waals surface area contributed by atoms with E-state index >= 15 is 0 Å². The molecule has 1 N–H and O–H groups in total. The zero-order chi connectivity index (χ0) is 20.2. The Balaban J connectivity index is 1.49. The topological polar surface area (TPSA) is 67.4 Å². The molecule has 6 heteroatoms. The van der Waals surface area contributed by atoms with Gasteiger partial charge in [-0.1, -0.05) is 36.4 Å². The number of nitrogens with one attached hydrogen (secondary N) is 1. The lowest BCUT2D eigenvalue weighted by molar-refractivity contribution is -0.125. The van der Waals surface area contributed by atoms with E-state index in [1.165, 1.54) is 5.56 Å². The fourth-order valence-corrected chi connectivity index (χ4v) is 3.84. The van der Waals surface area contributed by atoms with Gasteiger partial charge in [-0.05, 0) is 43.0 Å². The minimum absolute atomic E-state index is 0.0780. The number of carbonyl (C=O) groups excluding carboxylic acids is 1. The number of anilines is 1. The average Bonchev–Trinajstić information content (AvgIpc) is 2.77. The average molecular weight is 390 g/mol. The van der Waals surface area contributed by atoms with Gasteiger partial charge in [-0.2, -0.15) is 0 Å². The third-order valence-electron chi connectivity index (χ3n) is 5.52. The summed E-state index contributed by atoms with van der Waals surface area (Å²) >= 11 is 0. The monoisotopic (exact) mass is 390 g/mol. The van der Waals surface area contributed by atoms with Crippen LogP contribution in [-0.4, -0.2) is 36.1 Å². The second-order valence-corrected chi connectivity index (χ2v) is 7.47. The van der Waals surface area contributed by atoms with Crippen LogP contribution in [0.3, 0.4) is 0 Å². The van der Waals surface area contributed by atoms with Crippen molar-refractivity contribution in [3.05, 3.63) is 59.7 Å². The molecule has 1 aliphatic heterocycles. The summed E-state index contributed by atoms with van der Waals surface area (Å²) in [7, 11) is 1.61.